The molecule has 0 radical (unpaired) electrons. The van der Waals surface area contributed by atoms with Gasteiger partial charge in [-0.05, 0) is 24.3 Å². The first kappa shape index (κ1) is 13.4. The summed E-state index contributed by atoms with van der Waals surface area (Å²) >= 11 is 0. The van der Waals surface area contributed by atoms with E-state index in [-0.39, 0.29) is 23.7 Å². The maximum Gasteiger partial charge on any atom is 0.245 e. The maximum atomic E-state index is 12.7. The number of carbonyl (C=O) groups is 2. The van der Waals surface area contributed by atoms with Crippen LogP contribution in [0.25, 0.3) is 0 Å². The Kier molecular flexibility index (Phi) is 4.08. The summed E-state index contributed by atoms with van der Waals surface area (Å²) in [7, 11) is 0. The fourth-order valence-electron chi connectivity index (χ4n) is 1.89. The first-order valence-corrected chi connectivity index (χ1v) is 5.88. The molecule has 2 amide bonds. The molecule has 6 nitrogen and oxygen atoms in total. The lowest BCUT2D eigenvalue weighted by Crippen LogP contribution is -2.50. The SMILES string of the molecule is CC(=O)NC1CNNC1C(=O)Nc1ccc(F)cc1. The van der Waals surface area contributed by atoms with Gasteiger partial charge < -0.3 is 10.6 Å². The molecule has 1 aromatic rings. The highest BCUT2D eigenvalue weighted by atomic mass is 19.1. The van der Waals surface area contributed by atoms with Crippen molar-refractivity contribution in [1.29, 1.82) is 0 Å². The lowest BCUT2D eigenvalue weighted by Gasteiger charge is -2.18. The van der Waals surface area contributed by atoms with Crippen LogP contribution in [0.4, 0.5) is 10.1 Å². The summed E-state index contributed by atoms with van der Waals surface area (Å²) < 4.78 is 12.7. The van der Waals surface area contributed by atoms with E-state index >= 15 is 0 Å². The Bertz CT molecular complexity index is 477. The number of nitrogens with one attached hydrogen (secondary N) is 4. The van der Waals surface area contributed by atoms with Crippen LogP contribution in [0.5, 0.6) is 0 Å². The minimum Gasteiger partial charge on any atom is -0.350 e. The molecule has 1 aromatic carbocycles. The second-order valence-electron chi connectivity index (χ2n) is 4.31. The number of anilines is 1. The van der Waals surface area contributed by atoms with E-state index in [9.17, 15) is 14.0 Å². The van der Waals surface area contributed by atoms with Gasteiger partial charge in [0, 0.05) is 19.2 Å². The predicted octanol–water partition coefficient (Wildman–Crippen LogP) is -0.255. The quantitative estimate of drug-likeness (QED) is 0.608. The number of benzene rings is 1. The number of carbonyl (C=O) groups excluding carboxylic acids is 2. The Balaban J connectivity index is 1.98. The van der Waals surface area contributed by atoms with Crippen molar-refractivity contribution in [2.24, 2.45) is 0 Å². The van der Waals surface area contributed by atoms with Crippen LogP contribution in [-0.2, 0) is 9.59 Å². The van der Waals surface area contributed by atoms with Gasteiger partial charge in [-0.2, -0.15) is 0 Å². The van der Waals surface area contributed by atoms with E-state index in [1.165, 1.54) is 31.2 Å². The van der Waals surface area contributed by atoms with Crippen LogP contribution >= 0.6 is 0 Å². The first-order chi connectivity index (χ1) is 9.06. The lowest BCUT2D eigenvalue weighted by atomic mass is 10.1. The summed E-state index contributed by atoms with van der Waals surface area (Å²) in [5.41, 5.74) is 6.11. The highest BCUT2D eigenvalue weighted by molar-refractivity contribution is 5.96. The molecule has 0 saturated carbocycles. The van der Waals surface area contributed by atoms with Crippen LogP contribution in [0.2, 0.25) is 0 Å². The topological polar surface area (TPSA) is 82.3 Å². The van der Waals surface area contributed by atoms with Crippen LogP contribution in [0.3, 0.4) is 0 Å². The van der Waals surface area contributed by atoms with Crippen molar-refractivity contribution in [3.05, 3.63) is 30.1 Å². The summed E-state index contributed by atoms with van der Waals surface area (Å²) in [5.74, 6) is -0.861. The van der Waals surface area contributed by atoms with Gasteiger partial charge in [-0.1, -0.05) is 0 Å². The molecule has 0 bridgehead atoms. The molecule has 1 fully saturated rings. The Morgan fingerprint density at radius 1 is 1.32 bits per heavy atom. The average molecular weight is 266 g/mol. The third-order valence-corrected chi connectivity index (χ3v) is 2.76. The molecule has 19 heavy (non-hydrogen) atoms. The summed E-state index contributed by atoms with van der Waals surface area (Å²) in [5, 5.41) is 5.34. The minimum atomic E-state index is -0.575. The Labute approximate surface area is 109 Å². The molecule has 1 aliphatic heterocycles. The fraction of sp³-hybridized carbons (Fsp3) is 0.333. The van der Waals surface area contributed by atoms with Gasteiger partial charge >= 0.3 is 0 Å². The van der Waals surface area contributed by atoms with Crippen molar-refractivity contribution in [2.45, 2.75) is 19.0 Å². The van der Waals surface area contributed by atoms with E-state index in [1.807, 2.05) is 0 Å². The van der Waals surface area contributed by atoms with Gasteiger partial charge in [0.05, 0.1) is 6.04 Å². The Hall–Kier alpha value is -1.99. The highest BCUT2D eigenvalue weighted by Crippen LogP contribution is 2.10. The minimum absolute atomic E-state index is 0.199. The summed E-state index contributed by atoms with van der Waals surface area (Å²) in [6.45, 7) is 1.86. The van der Waals surface area contributed by atoms with E-state index in [0.29, 0.717) is 12.2 Å². The third-order valence-electron chi connectivity index (χ3n) is 2.76. The highest BCUT2D eigenvalue weighted by Gasteiger charge is 2.33. The number of hydrogen-bond acceptors (Lipinski definition) is 4. The van der Waals surface area contributed by atoms with Crippen molar-refractivity contribution < 1.29 is 14.0 Å². The van der Waals surface area contributed by atoms with Gasteiger partial charge in [0.2, 0.25) is 11.8 Å². The number of amides is 2. The number of rotatable bonds is 3. The van der Waals surface area contributed by atoms with Gasteiger partial charge in [0.15, 0.2) is 0 Å². The second kappa shape index (κ2) is 5.77. The molecule has 1 saturated heterocycles. The summed E-state index contributed by atoms with van der Waals surface area (Å²) in [6.07, 6.45) is 0. The zero-order valence-electron chi connectivity index (χ0n) is 10.4. The molecule has 0 aliphatic carbocycles. The van der Waals surface area contributed by atoms with E-state index in [0.717, 1.165) is 0 Å². The van der Waals surface area contributed by atoms with Crippen LogP contribution in [0.15, 0.2) is 24.3 Å². The molecule has 7 heteroatoms. The Morgan fingerprint density at radius 3 is 2.63 bits per heavy atom. The van der Waals surface area contributed by atoms with Gasteiger partial charge in [-0.3, -0.25) is 15.0 Å². The zero-order chi connectivity index (χ0) is 13.8. The van der Waals surface area contributed by atoms with Crippen molar-refractivity contribution in [3.63, 3.8) is 0 Å². The van der Waals surface area contributed by atoms with E-state index < -0.39 is 6.04 Å². The van der Waals surface area contributed by atoms with Crippen LogP contribution in [-0.4, -0.2) is 30.4 Å². The zero-order valence-corrected chi connectivity index (χ0v) is 10.4. The monoisotopic (exact) mass is 266 g/mol. The van der Waals surface area contributed by atoms with Crippen molar-refractivity contribution in [2.75, 3.05) is 11.9 Å². The van der Waals surface area contributed by atoms with Crippen LogP contribution in [0.1, 0.15) is 6.92 Å². The van der Waals surface area contributed by atoms with Crippen molar-refractivity contribution in [1.82, 2.24) is 16.2 Å². The molecule has 0 aromatic heterocycles. The standard InChI is InChI=1S/C12H15FN4O2/c1-7(18)15-10-6-14-17-11(10)12(19)16-9-4-2-8(13)3-5-9/h2-5,10-11,14,17H,6H2,1H3,(H,15,18)(H,16,19). The molecule has 2 rings (SSSR count). The van der Waals surface area contributed by atoms with Crippen LogP contribution < -0.4 is 21.5 Å². The smallest absolute Gasteiger partial charge is 0.245 e. The average Bonchev–Trinajstić information content (AvgIpc) is 2.79. The molecule has 1 heterocycles. The van der Waals surface area contributed by atoms with Crippen LogP contribution in [0, 0.1) is 5.82 Å². The van der Waals surface area contributed by atoms with E-state index in [2.05, 4.69) is 21.5 Å². The molecular weight excluding hydrogens is 251 g/mol. The third kappa shape index (κ3) is 3.49. The molecule has 0 spiro atoms. The maximum absolute atomic E-state index is 12.7. The number of halogens is 1. The predicted molar refractivity (Wildman–Crippen MR) is 67.6 cm³/mol. The Morgan fingerprint density at radius 2 is 2.00 bits per heavy atom. The lowest BCUT2D eigenvalue weighted by molar-refractivity contribution is -0.120. The van der Waals surface area contributed by atoms with E-state index in [1.54, 1.807) is 0 Å². The van der Waals surface area contributed by atoms with Crippen molar-refractivity contribution in [3.8, 4) is 0 Å². The number of hydrogen-bond donors (Lipinski definition) is 4. The second-order valence-corrected chi connectivity index (χ2v) is 4.31. The fourth-order valence-corrected chi connectivity index (χ4v) is 1.89. The molecule has 2 atom stereocenters. The molecule has 102 valence electrons. The van der Waals surface area contributed by atoms with Gasteiger partial charge in [-0.15, -0.1) is 0 Å². The summed E-state index contributed by atoms with van der Waals surface area (Å²) in [4.78, 5) is 23.1. The molecule has 1 aliphatic rings. The molecule has 2 unspecified atom stereocenters. The van der Waals surface area contributed by atoms with Crippen molar-refractivity contribution >= 4 is 17.5 Å². The molecular formula is C12H15FN4O2. The normalized spacial score (nSPS) is 22.0. The first-order valence-electron chi connectivity index (χ1n) is 5.88. The summed E-state index contributed by atoms with van der Waals surface area (Å²) in [6, 6.07) is 4.58. The number of hydrazine groups is 1. The van der Waals surface area contributed by atoms with E-state index in [4.69, 9.17) is 0 Å². The van der Waals surface area contributed by atoms with Gasteiger partial charge in [-0.25, -0.2) is 9.82 Å². The molecule has 4 N–H and O–H groups in total. The van der Waals surface area contributed by atoms with Gasteiger partial charge in [0.1, 0.15) is 11.9 Å². The largest absolute Gasteiger partial charge is 0.350 e. The van der Waals surface area contributed by atoms with Gasteiger partial charge in [0.25, 0.3) is 0 Å².